The minimum atomic E-state index is -0.413. The van der Waals surface area contributed by atoms with Crippen LogP contribution in [0.15, 0.2) is 60.9 Å². The van der Waals surface area contributed by atoms with E-state index in [9.17, 15) is 9.59 Å². The molecule has 7 nitrogen and oxygen atoms in total. The minimum absolute atomic E-state index is 0.332. The molecule has 0 aliphatic carbocycles. The maximum Gasteiger partial charge on any atom is 0.338 e. The molecule has 1 aromatic heterocycles. The number of rotatable bonds is 5. The molecule has 134 valence electrons. The van der Waals surface area contributed by atoms with Gasteiger partial charge in [-0.05, 0) is 29.8 Å². The van der Waals surface area contributed by atoms with Gasteiger partial charge in [-0.1, -0.05) is 24.3 Å². The fraction of sp³-hybridized carbons (Fsp3) is 0.100. The predicted octanol–water partition coefficient (Wildman–Crippen LogP) is 2.84. The molecule has 0 aliphatic rings. The first-order valence-corrected chi connectivity index (χ1v) is 8.11. The molecule has 27 heavy (non-hydrogen) atoms. The first-order chi connectivity index (χ1) is 13.1. The van der Waals surface area contributed by atoms with E-state index in [-0.39, 0.29) is 5.91 Å². The zero-order valence-corrected chi connectivity index (χ0v) is 14.5. The van der Waals surface area contributed by atoms with Crippen LogP contribution in [0.5, 0.6) is 0 Å². The van der Waals surface area contributed by atoms with Crippen molar-refractivity contribution in [2.75, 3.05) is 12.4 Å². The number of aromatic nitrogens is 2. The quantitative estimate of drug-likeness (QED) is 0.706. The number of esters is 1. The van der Waals surface area contributed by atoms with E-state index in [0.29, 0.717) is 28.9 Å². The molecule has 1 amide bonds. The molecule has 0 radical (unpaired) electrons. The number of nitrogens with zero attached hydrogens (tertiary/aromatic N) is 3. The van der Waals surface area contributed by atoms with Gasteiger partial charge in [0.1, 0.15) is 0 Å². The third kappa shape index (κ3) is 4.19. The van der Waals surface area contributed by atoms with Crippen LogP contribution in [0.4, 0.5) is 5.69 Å². The first-order valence-electron chi connectivity index (χ1n) is 8.11. The second-order valence-electron chi connectivity index (χ2n) is 5.72. The van der Waals surface area contributed by atoms with Crippen molar-refractivity contribution in [1.82, 2.24) is 9.78 Å². The molecule has 0 saturated heterocycles. The van der Waals surface area contributed by atoms with Crippen molar-refractivity contribution in [2.24, 2.45) is 0 Å². The van der Waals surface area contributed by atoms with E-state index in [1.54, 1.807) is 41.2 Å². The van der Waals surface area contributed by atoms with Gasteiger partial charge in [-0.25, -0.2) is 4.79 Å². The number of ether oxygens (including phenoxy) is 1. The van der Waals surface area contributed by atoms with Crippen molar-refractivity contribution < 1.29 is 14.3 Å². The Morgan fingerprint density at radius 2 is 2.04 bits per heavy atom. The van der Waals surface area contributed by atoms with Gasteiger partial charge in [0.15, 0.2) is 0 Å². The molecule has 0 saturated carbocycles. The summed E-state index contributed by atoms with van der Waals surface area (Å²) >= 11 is 0. The first kappa shape index (κ1) is 17.9. The van der Waals surface area contributed by atoms with Crippen LogP contribution in [0.25, 0.3) is 0 Å². The molecule has 2 aromatic carbocycles. The van der Waals surface area contributed by atoms with Crippen LogP contribution in [-0.2, 0) is 11.3 Å². The summed E-state index contributed by atoms with van der Waals surface area (Å²) in [6, 6.07) is 15.5. The average molecular weight is 360 g/mol. The fourth-order valence-electron chi connectivity index (χ4n) is 2.59. The Bertz CT molecular complexity index is 1030. The van der Waals surface area contributed by atoms with Gasteiger partial charge in [0, 0.05) is 11.8 Å². The summed E-state index contributed by atoms with van der Waals surface area (Å²) in [5, 5.41) is 15.9. The van der Waals surface area contributed by atoms with Crippen molar-refractivity contribution in [1.29, 1.82) is 5.26 Å². The fourth-order valence-corrected chi connectivity index (χ4v) is 2.59. The second kappa shape index (κ2) is 7.97. The van der Waals surface area contributed by atoms with Crippen molar-refractivity contribution in [2.45, 2.75) is 6.54 Å². The highest BCUT2D eigenvalue weighted by molar-refractivity contribution is 6.04. The number of methoxy groups -OCH3 is 1. The average Bonchev–Trinajstić information content (AvgIpc) is 3.14. The van der Waals surface area contributed by atoms with Gasteiger partial charge >= 0.3 is 5.97 Å². The maximum absolute atomic E-state index is 12.3. The number of nitriles is 1. The molecule has 1 N–H and O–H groups in total. The topological polar surface area (TPSA) is 97.0 Å². The van der Waals surface area contributed by atoms with Crippen LogP contribution in [0.3, 0.4) is 0 Å². The van der Waals surface area contributed by atoms with Gasteiger partial charge < -0.3 is 10.1 Å². The summed E-state index contributed by atoms with van der Waals surface area (Å²) < 4.78 is 6.41. The van der Waals surface area contributed by atoms with Crippen LogP contribution in [0, 0.1) is 11.3 Å². The molecule has 0 atom stereocenters. The van der Waals surface area contributed by atoms with E-state index in [0.717, 1.165) is 5.56 Å². The molecular formula is C20H16N4O3. The number of hydrogen-bond acceptors (Lipinski definition) is 5. The summed E-state index contributed by atoms with van der Waals surface area (Å²) in [4.78, 5) is 24.2. The molecule has 0 spiro atoms. The Balaban J connectivity index is 1.73. The van der Waals surface area contributed by atoms with Gasteiger partial charge in [0.25, 0.3) is 5.91 Å². The normalized spacial score (nSPS) is 10.1. The van der Waals surface area contributed by atoms with E-state index in [2.05, 4.69) is 10.4 Å². The van der Waals surface area contributed by atoms with Crippen LogP contribution in [0.2, 0.25) is 0 Å². The van der Waals surface area contributed by atoms with Gasteiger partial charge in [0.2, 0.25) is 0 Å². The van der Waals surface area contributed by atoms with Crippen LogP contribution in [0.1, 0.15) is 31.8 Å². The zero-order valence-electron chi connectivity index (χ0n) is 14.5. The minimum Gasteiger partial charge on any atom is -0.465 e. The Labute approximate surface area is 155 Å². The van der Waals surface area contributed by atoms with Crippen LogP contribution < -0.4 is 5.32 Å². The highest BCUT2D eigenvalue weighted by atomic mass is 16.5. The Hall–Kier alpha value is -3.92. The number of benzene rings is 2. The monoisotopic (exact) mass is 360 g/mol. The van der Waals surface area contributed by atoms with E-state index >= 15 is 0 Å². The highest BCUT2D eigenvalue weighted by Gasteiger charge is 2.13. The smallest absolute Gasteiger partial charge is 0.338 e. The van der Waals surface area contributed by atoms with Gasteiger partial charge in [0.05, 0.1) is 42.7 Å². The maximum atomic E-state index is 12.3. The summed E-state index contributed by atoms with van der Waals surface area (Å²) in [5.41, 5.74) is 2.54. The van der Waals surface area contributed by atoms with E-state index in [1.165, 1.54) is 19.4 Å². The van der Waals surface area contributed by atoms with Crippen molar-refractivity contribution >= 4 is 17.6 Å². The van der Waals surface area contributed by atoms with Gasteiger partial charge in [-0.2, -0.15) is 10.4 Å². The summed E-state index contributed by atoms with van der Waals surface area (Å²) in [5.74, 6) is -0.745. The lowest BCUT2D eigenvalue weighted by molar-refractivity contribution is 0.0599. The molecule has 0 unspecified atom stereocenters. The van der Waals surface area contributed by atoms with E-state index < -0.39 is 5.97 Å². The van der Waals surface area contributed by atoms with Crippen molar-refractivity contribution in [3.05, 3.63) is 83.2 Å². The summed E-state index contributed by atoms with van der Waals surface area (Å²) in [6.07, 6.45) is 3.19. The third-order valence-electron chi connectivity index (χ3n) is 3.90. The highest BCUT2D eigenvalue weighted by Crippen LogP contribution is 2.14. The number of anilines is 1. The largest absolute Gasteiger partial charge is 0.465 e. The lowest BCUT2D eigenvalue weighted by atomic mass is 10.1. The molecule has 1 heterocycles. The molecule has 0 fully saturated rings. The van der Waals surface area contributed by atoms with E-state index in [4.69, 9.17) is 10.00 Å². The Morgan fingerprint density at radius 3 is 2.81 bits per heavy atom. The standard InChI is InChI=1S/C20H16N4O3/c1-27-20(26)18-8-3-2-6-16(18)12-24-13-17(11-22-24)23-19(25)15-7-4-5-14(9-15)10-21/h2-9,11,13H,12H2,1H3,(H,23,25). The van der Waals surface area contributed by atoms with Crippen molar-refractivity contribution in [3.8, 4) is 6.07 Å². The summed E-state index contributed by atoms with van der Waals surface area (Å²) in [7, 11) is 1.34. The Morgan fingerprint density at radius 1 is 1.22 bits per heavy atom. The number of nitrogens with one attached hydrogen (secondary N) is 1. The van der Waals surface area contributed by atoms with Crippen molar-refractivity contribution in [3.63, 3.8) is 0 Å². The lowest BCUT2D eigenvalue weighted by Crippen LogP contribution is -2.11. The molecule has 0 bridgehead atoms. The van der Waals surface area contributed by atoms with Gasteiger partial charge in [-0.3, -0.25) is 9.48 Å². The molecule has 3 aromatic rings. The lowest BCUT2D eigenvalue weighted by Gasteiger charge is -2.07. The molecule has 0 aliphatic heterocycles. The van der Waals surface area contributed by atoms with E-state index in [1.807, 2.05) is 18.2 Å². The third-order valence-corrected chi connectivity index (χ3v) is 3.90. The zero-order chi connectivity index (χ0) is 19.2. The van der Waals surface area contributed by atoms with Crippen LogP contribution >= 0.6 is 0 Å². The van der Waals surface area contributed by atoms with Gasteiger partial charge in [-0.15, -0.1) is 0 Å². The predicted molar refractivity (Wildman–Crippen MR) is 98.2 cm³/mol. The Kier molecular flexibility index (Phi) is 5.28. The number of carbonyl (C=O) groups excluding carboxylic acids is 2. The number of carbonyl (C=O) groups is 2. The van der Waals surface area contributed by atoms with Crippen LogP contribution in [-0.4, -0.2) is 28.8 Å². The summed E-state index contributed by atoms with van der Waals surface area (Å²) in [6.45, 7) is 0.352. The molecule has 7 heteroatoms. The number of amides is 1. The number of hydrogen-bond donors (Lipinski definition) is 1. The molecular weight excluding hydrogens is 344 g/mol. The molecule has 3 rings (SSSR count). The SMILES string of the molecule is COC(=O)c1ccccc1Cn1cc(NC(=O)c2cccc(C#N)c2)cn1. The second-order valence-corrected chi connectivity index (χ2v) is 5.72.